The molecule has 0 saturated heterocycles. The molecule has 0 aromatic carbocycles. The SMILES string of the molecule is COc1cnc(Cl)cc1-c1ccc(C(F)(F)F)nc1.[C-]#[N+]c1cc(-c2ccc(C(F)(F)F)nc2)c(OC)cn1. The minimum atomic E-state index is -4.48. The van der Waals surface area contributed by atoms with Gasteiger partial charge in [-0.2, -0.15) is 26.3 Å². The fourth-order valence-electron chi connectivity index (χ4n) is 3.13. The molecule has 0 amide bonds. The summed E-state index contributed by atoms with van der Waals surface area (Å²) in [6, 6.07) is 7.32. The highest BCUT2D eigenvalue weighted by molar-refractivity contribution is 6.29. The number of rotatable bonds is 4. The van der Waals surface area contributed by atoms with Gasteiger partial charge in [-0.15, -0.1) is 4.98 Å². The van der Waals surface area contributed by atoms with Crippen molar-refractivity contribution < 1.29 is 35.8 Å². The van der Waals surface area contributed by atoms with Crippen molar-refractivity contribution in [3.05, 3.63) is 89.1 Å². The van der Waals surface area contributed by atoms with Gasteiger partial charge in [-0.05, 0) is 24.3 Å². The minimum absolute atomic E-state index is 0.126. The second-order valence-electron chi connectivity index (χ2n) is 7.42. The largest absolute Gasteiger partial charge is 0.494 e. The van der Waals surface area contributed by atoms with E-state index in [-0.39, 0.29) is 11.0 Å². The van der Waals surface area contributed by atoms with Crippen LogP contribution in [-0.2, 0) is 12.4 Å². The number of hydrogen-bond donors (Lipinski definition) is 0. The molecule has 0 atom stereocenters. The third-order valence-electron chi connectivity index (χ3n) is 4.97. The summed E-state index contributed by atoms with van der Waals surface area (Å²) in [5, 5.41) is 0.218. The van der Waals surface area contributed by atoms with Crippen LogP contribution in [0.5, 0.6) is 11.5 Å². The fraction of sp³-hybridized carbons (Fsp3) is 0.160. The van der Waals surface area contributed by atoms with E-state index in [9.17, 15) is 26.3 Å². The highest BCUT2D eigenvalue weighted by Gasteiger charge is 2.33. The van der Waals surface area contributed by atoms with Crippen molar-refractivity contribution in [2.24, 2.45) is 0 Å². The highest BCUT2D eigenvalue weighted by Crippen LogP contribution is 2.35. The van der Waals surface area contributed by atoms with E-state index in [4.69, 9.17) is 27.6 Å². The highest BCUT2D eigenvalue weighted by atomic mass is 35.5. The van der Waals surface area contributed by atoms with Gasteiger partial charge in [0.15, 0.2) is 11.9 Å². The van der Waals surface area contributed by atoms with E-state index in [1.165, 1.54) is 50.9 Å². The molecule has 4 aromatic heterocycles. The third kappa shape index (κ3) is 7.32. The number of methoxy groups -OCH3 is 2. The van der Waals surface area contributed by atoms with E-state index in [1.807, 2.05) is 0 Å². The van der Waals surface area contributed by atoms with E-state index in [1.54, 1.807) is 0 Å². The van der Waals surface area contributed by atoms with Crippen LogP contribution in [0.3, 0.4) is 0 Å². The lowest BCUT2D eigenvalue weighted by Gasteiger charge is -2.10. The average molecular weight is 568 g/mol. The number of halogens is 7. The quantitative estimate of drug-likeness (QED) is 0.144. The van der Waals surface area contributed by atoms with Crippen LogP contribution in [0.4, 0.5) is 32.2 Å². The lowest BCUT2D eigenvalue weighted by atomic mass is 10.1. The van der Waals surface area contributed by atoms with Crippen molar-refractivity contribution in [3.63, 3.8) is 0 Å². The summed E-state index contributed by atoms with van der Waals surface area (Å²) in [4.78, 5) is 17.6. The zero-order chi connectivity index (χ0) is 28.8. The monoisotopic (exact) mass is 567 g/mol. The molecule has 0 saturated carbocycles. The summed E-state index contributed by atoms with van der Waals surface area (Å²) in [5.74, 6) is 0.894. The molecule has 0 fully saturated rings. The van der Waals surface area contributed by atoms with Gasteiger partial charge in [0.2, 0.25) is 0 Å². The van der Waals surface area contributed by atoms with Crippen LogP contribution in [0.15, 0.2) is 61.2 Å². The Hall–Kier alpha value is -4.44. The first-order chi connectivity index (χ1) is 18.4. The molecule has 39 heavy (non-hydrogen) atoms. The van der Waals surface area contributed by atoms with Gasteiger partial charge in [0, 0.05) is 34.6 Å². The van der Waals surface area contributed by atoms with E-state index < -0.39 is 23.7 Å². The van der Waals surface area contributed by atoms with Crippen LogP contribution in [0.2, 0.25) is 5.15 Å². The molecule has 14 heteroatoms. The van der Waals surface area contributed by atoms with Gasteiger partial charge < -0.3 is 14.3 Å². The predicted molar refractivity (Wildman–Crippen MR) is 129 cm³/mol. The zero-order valence-corrected chi connectivity index (χ0v) is 20.7. The first-order valence-electron chi connectivity index (χ1n) is 10.6. The molecule has 0 aliphatic heterocycles. The molecule has 0 spiro atoms. The standard InChI is InChI=1S/C13H8F3N3O.C12H8ClF3N2O/c1-17-12-5-9(10(20-2)7-19-12)8-3-4-11(18-6-8)13(14,15)16;1-19-9-6-18-11(13)4-8(9)7-2-3-10(17-5-7)12(14,15)16/h3-7H,2H3;2-6H,1H3. The van der Waals surface area contributed by atoms with Crippen LogP contribution in [-0.4, -0.2) is 34.2 Å². The Morgan fingerprint density at radius 3 is 1.54 bits per heavy atom. The number of ether oxygens (including phenoxy) is 2. The molecule has 0 aliphatic rings. The molecule has 0 radical (unpaired) electrons. The van der Waals surface area contributed by atoms with Crippen molar-refractivity contribution in [2.45, 2.75) is 12.4 Å². The first-order valence-corrected chi connectivity index (χ1v) is 10.9. The van der Waals surface area contributed by atoms with Crippen LogP contribution < -0.4 is 9.47 Å². The molecule has 0 unspecified atom stereocenters. The second-order valence-corrected chi connectivity index (χ2v) is 7.81. The number of aromatic nitrogens is 4. The van der Waals surface area contributed by atoms with Crippen molar-refractivity contribution >= 4 is 17.4 Å². The fourth-order valence-corrected chi connectivity index (χ4v) is 3.29. The number of hydrogen-bond acceptors (Lipinski definition) is 6. The van der Waals surface area contributed by atoms with Crippen LogP contribution in [0.1, 0.15) is 11.4 Å². The van der Waals surface area contributed by atoms with Gasteiger partial charge in [0.25, 0.3) is 5.82 Å². The van der Waals surface area contributed by atoms with Crippen molar-refractivity contribution in [1.29, 1.82) is 0 Å². The Morgan fingerprint density at radius 1 is 0.692 bits per heavy atom. The summed E-state index contributed by atoms with van der Waals surface area (Å²) in [7, 11) is 2.85. The second kappa shape index (κ2) is 12.0. The lowest BCUT2D eigenvalue weighted by Crippen LogP contribution is -2.07. The summed E-state index contributed by atoms with van der Waals surface area (Å²) in [6.07, 6.45) is -3.98. The van der Waals surface area contributed by atoms with E-state index >= 15 is 0 Å². The number of alkyl halides is 6. The molecule has 0 N–H and O–H groups in total. The minimum Gasteiger partial charge on any atom is -0.494 e. The topological polar surface area (TPSA) is 74.4 Å². The molecule has 0 bridgehead atoms. The molecule has 202 valence electrons. The molecule has 0 aliphatic carbocycles. The summed E-state index contributed by atoms with van der Waals surface area (Å²) in [5.41, 5.74) is -0.0372. The smallest absolute Gasteiger partial charge is 0.433 e. The maximum absolute atomic E-state index is 12.4. The van der Waals surface area contributed by atoms with Crippen LogP contribution in [0, 0.1) is 6.57 Å². The number of pyridine rings is 4. The van der Waals surface area contributed by atoms with Gasteiger partial charge in [-0.1, -0.05) is 30.3 Å². The average Bonchev–Trinajstić information content (AvgIpc) is 2.92. The lowest BCUT2D eigenvalue weighted by molar-refractivity contribution is -0.141. The van der Waals surface area contributed by atoms with Crippen molar-refractivity contribution in [2.75, 3.05) is 14.2 Å². The van der Waals surface area contributed by atoms with E-state index in [2.05, 4.69) is 24.8 Å². The molecule has 4 aromatic rings. The molecule has 4 rings (SSSR count). The van der Waals surface area contributed by atoms with Gasteiger partial charge in [0.1, 0.15) is 22.3 Å². The summed E-state index contributed by atoms with van der Waals surface area (Å²) >= 11 is 5.76. The summed E-state index contributed by atoms with van der Waals surface area (Å²) in [6.45, 7) is 6.90. The normalized spacial score (nSPS) is 11.2. The Morgan fingerprint density at radius 2 is 1.15 bits per heavy atom. The first kappa shape index (κ1) is 29.1. The molecular formula is C25H16ClF6N5O2. The Labute approximate surface area is 222 Å². The Kier molecular flexibility index (Phi) is 8.92. The van der Waals surface area contributed by atoms with Gasteiger partial charge >= 0.3 is 12.4 Å². The van der Waals surface area contributed by atoms with Gasteiger partial charge in [0.05, 0.1) is 20.4 Å². The number of nitrogens with zero attached hydrogens (tertiary/aromatic N) is 5. The Balaban J connectivity index is 0.000000216. The van der Waals surface area contributed by atoms with Gasteiger partial charge in [-0.25, -0.2) is 4.98 Å². The maximum atomic E-state index is 12.4. The maximum Gasteiger partial charge on any atom is 0.433 e. The van der Waals surface area contributed by atoms with Crippen LogP contribution >= 0.6 is 11.6 Å². The molecule has 4 heterocycles. The zero-order valence-electron chi connectivity index (χ0n) is 20.0. The Bertz CT molecular complexity index is 1470. The summed E-state index contributed by atoms with van der Waals surface area (Å²) < 4.78 is 84.7. The third-order valence-corrected chi connectivity index (χ3v) is 5.18. The van der Waals surface area contributed by atoms with Crippen molar-refractivity contribution in [3.8, 4) is 33.8 Å². The molecular weight excluding hydrogens is 552 g/mol. The molecule has 7 nitrogen and oxygen atoms in total. The predicted octanol–water partition coefficient (Wildman–Crippen LogP) is 7.55. The van der Waals surface area contributed by atoms with E-state index in [0.29, 0.717) is 33.8 Å². The van der Waals surface area contributed by atoms with Crippen LogP contribution in [0.25, 0.3) is 27.1 Å². The van der Waals surface area contributed by atoms with Gasteiger partial charge in [-0.3, -0.25) is 9.97 Å². The van der Waals surface area contributed by atoms with Crippen molar-refractivity contribution in [1.82, 2.24) is 19.9 Å². The van der Waals surface area contributed by atoms with E-state index in [0.717, 1.165) is 24.5 Å².